The Morgan fingerprint density at radius 2 is 1.93 bits per heavy atom. The smallest absolute Gasteiger partial charge is 0.239 e. The van der Waals surface area contributed by atoms with Crippen molar-refractivity contribution in [1.82, 2.24) is 15.1 Å². The fourth-order valence-electron chi connectivity index (χ4n) is 4.22. The fourth-order valence-corrected chi connectivity index (χ4v) is 4.51. The van der Waals surface area contributed by atoms with E-state index in [1.54, 1.807) is 12.1 Å². The molecule has 5 nitrogen and oxygen atoms in total. The molecule has 7 heteroatoms. The largest absolute Gasteiger partial charge is 0.489 e. The van der Waals surface area contributed by atoms with E-state index in [0.717, 1.165) is 38.6 Å². The minimum absolute atomic E-state index is 0.0327. The number of ether oxygens (including phenoxy) is 1. The zero-order valence-electron chi connectivity index (χ0n) is 15.5. The van der Waals surface area contributed by atoms with Crippen LogP contribution in [0.15, 0.2) is 18.2 Å². The molecule has 2 saturated heterocycles. The van der Waals surface area contributed by atoms with E-state index in [1.807, 2.05) is 11.0 Å². The van der Waals surface area contributed by atoms with Crippen molar-refractivity contribution in [3.05, 3.63) is 28.2 Å². The highest BCUT2D eigenvalue weighted by atomic mass is 35.5. The van der Waals surface area contributed by atoms with Crippen LogP contribution in [0.2, 0.25) is 10.0 Å². The lowest BCUT2D eigenvalue weighted by molar-refractivity contribution is -0.133. The van der Waals surface area contributed by atoms with Crippen molar-refractivity contribution >= 4 is 29.1 Å². The second-order valence-electron chi connectivity index (χ2n) is 7.81. The molecule has 2 aliphatic heterocycles. The van der Waals surface area contributed by atoms with Crippen molar-refractivity contribution in [1.29, 1.82) is 0 Å². The van der Waals surface area contributed by atoms with Gasteiger partial charge in [0.2, 0.25) is 5.91 Å². The number of carbonyl (C=O) groups excluding carboxylic acids is 1. The van der Waals surface area contributed by atoms with Crippen LogP contribution >= 0.6 is 23.2 Å². The van der Waals surface area contributed by atoms with Crippen LogP contribution in [0.1, 0.15) is 32.1 Å². The van der Waals surface area contributed by atoms with Gasteiger partial charge in [0.05, 0.1) is 16.1 Å². The maximum Gasteiger partial charge on any atom is 0.239 e. The van der Waals surface area contributed by atoms with Crippen molar-refractivity contribution in [2.45, 2.75) is 50.3 Å². The van der Waals surface area contributed by atoms with E-state index in [1.165, 1.54) is 19.3 Å². The summed E-state index contributed by atoms with van der Waals surface area (Å²) in [5.41, 5.74) is 0. The summed E-state index contributed by atoms with van der Waals surface area (Å²) in [5, 5.41) is 4.33. The molecule has 0 aromatic heterocycles. The first-order valence-corrected chi connectivity index (χ1v) is 10.7. The van der Waals surface area contributed by atoms with Crippen molar-refractivity contribution in [2.75, 3.05) is 32.7 Å². The molecule has 4 rings (SSSR count). The Morgan fingerprint density at radius 3 is 2.67 bits per heavy atom. The van der Waals surface area contributed by atoms with Crippen molar-refractivity contribution in [2.24, 2.45) is 0 Å². The lowest BCUT2D eigenvalue weighted by Crippen LogP contribution is -2.46. The maximum absolute atomic E-state index is 13.0. The highest BCUT2D eigenvalue weighted by Crippen LogP contribution is 2.28. The van der Waals surface area contributed by atoms with Gasteiger partial charge in [-0.3, -0.25) is 9.69 Å². The van der Waals surface area contributed by atoms with E-state index < -0.39 is 0 Å². The monoisotopic (exact) mass is 411 g/mol. The number of halogens is 2. The summed E-state index contributed by atoms with van der Waals surface area (Å²) in [6.45, 7) is 4.49. The van der Waals surface area contributed by atoms with E-state index in [-0.39, 0.29) is 18.1 Å². The zero-order chi connectivity index (χ0) is 18.8. The van der Waals surface area contributed by atoms with Crippen LogP contribution in [0.5, 0.6) is 5.75 Å². The van der Waals surface area contributed by atoms with Gasteiger partial charge in [-0.2, -0.15) is 0 Å². The Kier molecular flexibility index (Phi) is 6.12. The molecule has 1 N–H and O–H groups in total. The maximum atomic E-state index is 13.0. The molecule has 148 valence electrons. The van der Waals surface area contributed by atoms with Gasteiger partial charge in [-0.1, -0.05) is 29.6 Å². The molecule has 0 bridgehead atoms. The molecule has 2 heterocycles. The SMILES string of the molecule is O=C([C@@H]1C[C@H](Oc2ccc(Cl)c(Cl)c2)CN1)N1CCCN(C2CCC2)CC1. The number of rotatable bonds is 4. The number of amides is 1. The normalized spacial score (nSPS) is 27.3. The standard InChI is InChI=1S/C20H27Cl2N3O2/c21-17-6-5-15(11-18(17)22)27-16-12-19(23-13-16)20(26)25-8-2-7-24(9-10-25)14-3-1-4-14/h5-6,11,14,16,19,23H,1-4,7-10,12-13H2/t16-,19-/m0/s1. The molecule has 0 radical (unpaired) electrons. The third kappa shape index (κ3) is 4.53. The van der Waals surface area contributed by atoms with Gasteiger partial charge in [-0.25, -0.2) is 0 Å². The second-order valence-corrected chi connectivity index (χ2v) is 8.63. The second kappa shape index (κ2) is 8.56. The van der Waals surface area contributed by atoms with Crippen LogP contribution in [0.3, 0.4) is 0 Å². The molecule has 27 heavy (non-hydrogen) atoms. The van der Waals surface area contributed by atoms with Gasteiger partial charge in [0.1, 0.15) is 11.9 Å². The first-order chi connectivity index (χ1) is 13.1. The quantitative estimate of drug-likeness (QED) is 0.825. The molecule has 1 aliphatic carbocycles. The van der Waals surface area contributed by atoms with Crippen LogP contribution in [0, 0.1) is 0 Å². The predicted octanol–water partition coefficient (Wildman–Crippen LogP) is 3.19. The van der Waals surface area contributed by atoms with Gasteiger partial charge in [0, 0.05) is 51.3 Å². The van der Waals surface area contributed by atoms with Gasteiger partial charge >= 0.3 is 0 Å². The van der Waals surface area contributed by atoms with Gasteiger partial charge in [0.15, 0.2) is 0 Å². The summed E-state index contributed by atoms with van der Waals surface area (Å²) >= 11 is 12.0. The Balaban J connectivity index is 1.28. The number of hydrogen-bond acceptors (Lipinski definition) is 4. The molecule has 2 atom stereocenters. The number of hydrogen-bond donors (Lipinski definition) is 1. The number of benzene rings is 1. The molecule has 1 aromatic rings. The summed E-state index contributed by atoms with van der Waals surface area (Å²) < 4.78 is 5.99. The zero-order valence-corrected chi connectivity index (χ0v) is 17.0. The fraction of sp³-hybridized carbons (Fsp3) is 0.650. The third-order valence-electron chi connectivity index (χ3n) is 6.02. The summed E-state index contributed by atoms with van der Waals surface area (Å²) in [5.74, 6) is 0.904. The minimum Gasteiger partial charge on any atom is -0.489 e. The molecule has 0 spiro atoms. The summed E-state index contributed by atoms with van der Waals surface area (Å²) in [6, 6.07) is 5.87. The third-order valence-corrected chi connectivity index (χ3v) is 6.75. The predicted molar refractivity (Wildman–Crippen MR) is 108 cm³/mol. The van der Waals surface area contributed by atoms with Gasteiger partial charge in [-0.15, -0.1) is 0 Å². The van der Waals surface area contributed by atoms with E-state index in [4.69, 9.17) is 27.9 Å². The van der Waals surface area contributed by atoms with Gasteiger partial charge in [-0.05, 0) is 31.4 Å². The highest BCUT2D eigenvalue weighted by molar-refractivity contribution is 6.42. The summed E-state index contributed by atoms with van der Waals surface area (Å²) in [7, 11) is 0. The average molecular weight is 412 g/mol. The Bertz CT molecular complexity index is 683. The Hall–Kier alpha value is -1.01. The summed E-state index contributed by atoms with van der Waals surface area (Å²) in [4.78, 5) is 17.6. The van der Waals surface area contributed by atoms with Crippen LogP contribution in [-0.2, 0) is 4.79 Å². The number of nitrogens with one attached hydrogen (secondary N) is 1. The van der Waals surface area contributed by atoms with Crippen molar-refractivity contribution < 1.29 is 9.53 Å². The first kappa shape index (κ1) is 19.3. The van der Waals surface area contributed by atoms with Crippen molar-refractivity contribution in [3.63, 3.8) is 0 Å². The van der Waals surface area contributed by atoms with Crippen LogP contribution < -0.4 is 10.1 Å². The molecule has 3 fully saturated rings. The number of carbonyl (C=O) groups is 1. The van der Waals surface area contributed by atoms with E-state index >= 15 is 0 Å². The molecule has 1 amide bonds. The molecule has 3 aliphatic rings. The molecular weight excluding hydrogens is 385 g/mol. The molecule has 1 aromatic carbocycles. The minimum atomic E-state index is -0.159. The lowest BCUT2D eigenvalue weighted by atomic mass is 9.91. The van der Waals surface area contributed by atoms with E-state index in [2.05, 4.69) is 10.2 Å². The Morgan fingerprint density at radius 1 is 1.07 bits per heavy atom. The van der Waals surface area contributed by atoms with Crippen LogP contribution in [-0.4, -0.2) is 66.6 Å². The number of nitrogens with zero attached hydrogens (tertiary/aromatic N) is 2. The molecule has 1 saturated carbocycles. The van der Waals surface area contributed by atoms with E-state index in [9.17, 15) is 4.79 Å². The Labute approximate surface area is 170 Å². The first-order valence-electron chi connectivity index (χ1n) is 9.98. The van der Waals surface area contributed by atoms with Gasteiger partial charge < -0.3 is 15.0 Å². The molecular formula is C20H27Cl2N3O2. The lowest BCUT2D eigenvalue weighted by Gasteiger charge is -2.36. The molecule has 0 unspecified atom stereocenters. The van der Waals surface area contributed by atoms with Gasteiger partial charge in [0.25, 0.3) is 0 Å². The topological polar surface area (TPSA) is 44.8 Å². The highest BCUT2D eigenvalue weighted by Gasteiger charge is 2.35. The van der Waals surface area contributed by atoms with Crippen LogP contribution in [0.4, 0.5) is 0 Å². The van der Waals surface area contributed by atoms with Crippen molar-refractivity contribution in [3.8, 4) is 5.75 Å². The van der Waals surface area contributed by atoms with Crippen LogP contribution in [0.25, 0.3) is 0 Å². The average Bonchev–Trinajstić information content (AvgIpc) is 2.94. The summed E-state index contributed by atoms with van der Waals surface area (Å²) in [6.07, 6.45) is 5.73. The van der Waals surface area contributed by atoms with E-state index in [0.29, 0.717) is 28.8 Å².